The van der Waals surface area contributed by atoms with Gasteiger partial charge in [-0.1, -0.05) is 18.2 Å². The third-order valence-electron chi connectivity index (χ3n) is 6.39. The highest BCUT2D eigenvalue weighted by atomic mass is 32.1. The molecule has 0 saturated carbocycles. The molecule has 1 aromatic carbocycles. The van der Waals surface area contributed by atoms with Crippen LogP contribution in [0.5, 0.6) is 5.75 Å². The van der Waals surface area contributed by atoms with Crippen LogP contribution in [-0.2, 0) is 17.6 Å². The Labute approximate surface area is 212 Å². The van der Waals surface area contributed by atoms with Gasteiger partial charge in [0.1, 0.15) is 16.3 Å². The maximum Gasteiger partial charge on any atom is 0.339 e. The number of nitrogens with one attached hydrogen (secondary N) is 1. The van der Waals surface area contributed by atoms with Crippen molar-refractivity contribution < 1.29 is 19.4 Å². The fourth-order valence-corrected chi connectivity index (χ4v) is 6.19. The number of benzene rings is 1. The Hall–Kier alpha value is -3.98. The average molecular weight is 503 g/mol. The Morgan fingerprint density at radius 1 is 1.22 bits per heavy atom. The molecule has 0 spiro atoms. The van der Waals surface area contributed by atoms with Gasteiger partial charge in [-0.25, -0.2) is 10.2 Å². The van der Waals surface area contributed by atoms with Crippen LogP contribution in [0, 0.1) is 13.8 Å². The molecule has 0 bridgehead atoms. The Balaban J connectivity index is 1.30. The molecule has 3 heterocycles. The van der Waals surface area contributed by atoms with Crippen LogP contribution in [-0.4, -0.2) is 39.4 Å². The largest absolute Gasteiger partial charge is 0.481 e. The molecule has 2 N–H and O–H groups in total. The summed E-state index contributed by atoms with van der Waals surface area (Å²) >= 11 is 1.57. The Morgan fingerprint density at radius 3 is 2.86 bits per heavy atom. The summed E-state index contributed by atoms with van der Waals surface area (Å²) in [5, 5.41) is 15.7. The van der Waals surface area contributed by atoms with Crippen LogP contribution in [0.4, 0.5) is 0 Å². The van der Waals surface area contributed by atoms with Crippen LogP contribution < -0.4 is 10.2 Å². The molecule has 184 valence electrons. The van der Waals surface area contributed by atoms with Crippen LogP contribution in [0.3, 0.4) is 0 Å². The van der Waals surface area contributed by atoms with Gasteiger partial charge >= 0.3 is 5.97 Å². The standard InChI is InChI=1S/C27H26N4O4S/c1-16-13-19(17(2)31(16)26-24(27(33)34)20-9-3-4-11-22(20)36-26)14-29-30-23(32)15-35-21-10-5-7-18-8-6-12-28-25(18)21/h5-8,10,12-14H,3-4,9,11,15H2,1-2H3,(H,30,32)(H,33,34)/b29-14-. The quantitative estimate of drug-likeness (QED) is 0.279. The van der Waals surface area contributed by atoms with E-state index in [9.17, 15) is 14.7 Å². The number of hydrogen-bond acceptors (Lipinski definition) is 6. The van der Waals surface area contributed by atoms with E-state index in [-0.39, 0.29) is 6.61 Å². The topological polar surface area (TPSA) is 106 Å². The summed E-state index contributed by atoms with van der Waals surface area (Å²) in [6, 6.07) is 11.3. The van der Waals surface area contributed by atoms with Crippen molar-refractivity contribution in [2.45, 2.75) is 39.5 Å². The Kier molecular flexibility index (Phi) is 6.56. The zero-order valence-corrected chi connectivity index (χ0v) is 20.9. The number of aromatic nitrogens is 2. The van der Waals surface area contributed by atoms with Gasteiger partial charge in [-0.15, -0.1) is 11.3 Å². The summed E-state index contributed by atoms with van der Waals surface area (Å²) in [6.07, 6.45) is 7.10. The van der Waals surface area contributed by atoms with Crippen LogP contribution in [0.25, 0.3) is 15.9 Å². The molecule has 0 radical (unpaired) electrons. The van der Waals surface area contributed by atoms with Crippen molar-refractivity contribution in [3.05, 3.63) is 75.6 Å². The SMILES string of the molecule is Cc1cc(/C=N\NC(=O)COc2cccc3cccnc23)c(C)n1-c1sc2c(c1C(=O)O)CCCC2. The molecule has 0 fully saturated rings. The van der Waals surface area contributed by atoms with Gasteiger partial charge in [0.2, 0.25) is 0 Å². The highest BCUT2D eigenvalue weighted by Crippen LogP contribution is 2.38. The summed E-state index contributed by atoms with van der Waals surface area (Å²) < 4.78 is 7.64. The summed E-state index contributed by atoms with van der Waals surface area (Å²) in [6.45, 7) is 3.67. The van der Waals surface area contributed by atoms with Crippen molar-refractivity contribution in [1.29, 1.82) is 0 Å². The second kappa shape index (κ2) is 9.94. The van der Waals surface area contributed by atoms with E-state index in [4.69, 9.17) is 4.74 Å². The Morgan fingerprint density at radius 2 is 2.03 bits per heavy atom. The lowest BCUT2D eigenvalue weighted by molar-refractivity contribution is -0.123. The minimum absolute atomic E-state index is 0.200. The molecular formula is C27H26N4O4S. The number of aryl methyl sites for hydroxylation is 2. The first-order valence-electron chi connectivity index (χ1n) is 11.8. The van der Waals surface area contributed by atoms with E-state index in [1.807, 2.05) is 48.7 Å². The molecule has 36 heavy (non-hydrogen) atoms. The van der Waals surface area contributed by atoms with E-state index >= 15 is 0 Å². The van der Waals surface area contributed by atoms with E-state index in [1.165, 1.54) is 4.88 Å². The van der Waals surface area contributed by atoms with Crippen LogP contribution in [0.1, 0.15) is 50.6 Å². The first-order chi connectivity index (χ1) is 17.4. The zero-order valence-electron chi connectivity index (χ0n) is 20.1. The minimum atomic E-state index is -0.888. The molecule has 8 nitrogen and oxygen atoms in total. The number of amides is 1. The van der Waals surface area contributed by atoms with E-state index in [2.05, 4.69) is 15.5 Å². The summed E-state index contributed by atoms with van der Waals surface area (Å²) in [5.74, 6) is -0.753. The van der Waals surface area contributed by atoms with Gasteiger partial charge in [0.15, 0.2) is 6.61 Å². The normalized spacial score (nSPS) is 13.2. The zero-order chi connectivity index (χ0) is 25.2. The second-order valence-electron chi connectivity index (χ2n) is 8.77. The summed E-state index contributed by atoms with van der Waals surface area (Å²) in [4.78, 5) is 29.9. The maximum absolute atomic E-state index is 12.3. The third-order valence-corrected chi connectivity index (χ3v) is 7.66. The van der Waals surface area contributed by atoms with Crippen molar-refractivity contribution in [3.63, 3.8) is 0 Å². The molecule has 0 unspecified atom stereocenters. The molecule has 0 aliphatic heterocycles. The lowest BCUT2D eigenvalue weighted by Crippen LogP contribution is -2.24. The van der Waals surface area contributed by atoms with E-state index < -0.39 is 11.9 Å². The number of nitrogens with zero attached hydrogens (tertiary/aromatic N) is 3. The Bertz CT molecular complexity index is 1500. The molecule has 9 heteroatoms. The molecule has 1 aliphatic rings. The number of hydrazone groups is 1. The number of para-hydroxylation sites is 1. The molecular weight excluding hydrogens is 476 g/mol. The number of ether oxygens (including phenoxy) is 1. The van der Waals surface area contributed by atoms with Crippen LogP contribution in [0.2, 0.25) is 0 Å². The van der Waals surface area contributed by atoms with E-state index in [1.54, 1.807) is 29.8 Å². The number of carboxylic acids is 1. The number of hydrogen-bond donors (Lipinski definition) is 2. The number of thiophene rings is 1. The number of carbonyl (C=O) groups is 2. The minimum Gasteiger partial charge on any atom is -0.481 e. The van der Waals surface area contributed by atoms with Gasteiger partial charge in [-0.05, 0) is 63.3 Å². The predicted molar refractivity (Wildman–Crippen MR) is 140 cm³/mol. The molecule has 1 aliphatic carbocycles. The molecule has 3 aromatic heterocycles. The van der Waals surface area contributed by atoms with Gasteiger partial charge in [0, 0.05) is 33.4 Å². The maximum atomic E-state index is 12.3. The monoisotopic (exact) mass is 502 g/mol. The number of rotatable bonds is 7. The molecule has 0 atom stereocenters. The first-order valence-corrected chi connectivity index (χ1v) is 12.6. The summed E-state index contributed by atoms with van der Waals surface area (Å²) in [7, 11) is 0. The third kappa shape index (κ3) is 4.49. The van der Waals surface area contributed by atoms with Crippen molar-refractivity contribution in [2.24, 2.45) is 5.10 Å². The van der Waals surface area contributed by atoms with Gasteiger partial charge in [0.25, 0.3) is 5.91 Å². The van der Waals surface area contributed by atoms with Crippen LogP contribution in [0.15, 0.2) is 47.7 Å². The number of aromatic carboxylic acids is 1. The number of carbonyl (C=O) groups excluding carboxylic acids is 1. The fourth-order valence-electron chi connectivity index (χ4n) is 4.70. The van der Waals surface area contributed by atoms with Crippen LogP contribution >= 0.6 is 11.3 Å². The van der Waals surface area contributed by atoms with Crippen molar-refractivity contribution >= 4 is 40.3 Å². The van der Waals surface area contributed by atoms with E-state index in [0.29, 0.717) is 16.8 Å². The van der Waals surface area contributed by atoms with Gasteiger partial charge < -0.3 is 14.4 Å². The highest BCUT2D eigenvalue weighted by molar-refractivity contribution is 7.15. The molecule has 5 rings (SSSR count). The van der Waals surface area contributed by atoms with Crippen molar-refractivity contribution in [2.75, 3.05) is 6.61 Å². The predicted octanol–water partition coefficient (Wildman–Crippen LogP) is 4.81. The average Bonchev–Trinajstić information content (AvgIpc) is 3.38. The van der Waals surface area contributed by atoms with E-state index in [0.717, 1.165) is 58.6 Å². The molecule has 0 saturated heterocycles. The fraction of sp³-hybridized carbons (Fsp3) is 0.259. The second-order valence-corrected chi connectivity index (χ2v) is 9.85. The molecule has 1 amide bonds. The number of carboxylic acid groups (broad SMARTS) is 1. The van der Waals surface area contributed by atoms with Gasteiger partial charge in [0.05, 0.1) is 11.8 Å². The summed E-state index contributed by atoms with van der Waals surface area (Å²) in [5.41, 5.74) is 7.16. The smallest absolute Gasteiger partial charge is 0.339 e. The lowest BCUT2D eigenvalue weighted by atomic mass is 9.95. The van der Waals surface area contributed by atoms with Gasteiger partial charge in [-0.3, -0.25) is 9.78 Å². The number of pyridine rings is 1. The lowest BCUT2D eigenvalue weighted by Gasteiger charge is -2.11. The number of fused-ring (bicyclic) bond motifs is 2. The van der Waals surface area contributed by atoms with Crippen molar-refractivity contribution in [3.8, 4) is 10.8 Å². The molecule has 4 aromatic rings. The van der Waals surface area contributed by atoms with Crippen molar-refractivity contribution in [1.82, 2.24) is 15.0 Å². The first kappa shape index (κ1) is 23.7. The highest BCUT2D eigenvalue weighted by Gasteiger charge is 2.27. The van der Waals surface area contributed by atoms with Gasteiger partial charge in [-0.2, -0.15) is 5.10 Å².